The molecular weight excluding hydrogens is 506 g/mol. The van der Waals surface area contributed by atoms with Crippen LogP contribution in [0.4, 0.5) is 8.78 Å². The fraction of sp³-hybridized carbons (Fsp3) is 0.333. The monoisotopic (exact) mass is 530 g/mol. The summed E-state index contributed by atoms with van der Waals surface area (Å²) in [5, 5.41) is 11.0. The van der Waals surface area contributed by atoms with Crippen molar-refractivity contribution in [2.75, 3.05) is 13.3 Å². The fourth-order valence-electron chi connectivity index (χ4n) is 4.69. The molecule has 1 N–H and O–H groups in total. The summed E-state index contributed by atoms with van der Waals surface area (Å²) in [4.78, 5) is 25.9. The van der Waals surface area contributed by atoms with Gasteiger partial charge in [0.2, 0.25) is 0 Å². The summed E-state index contributed by atoms with van der Waals surface area (Å²) < 4.78 is 35.4. The van der Waals surface area contributed by atoms with Gasteiger partial charge in [-0.15, -0.1) is 0 Å². The third kappa shape index (κ3) is 4.06. The highest BCUT2D eigenvalue weighted by Gasteiger charge is 2.49. The van der Waals surface area contributed by atoms with Crippen LogP contribution in [0, 0.1) is 0 Å². The van der Waals surface area contributed by atoms with Gasteiger partial charge in [0.05, 0.1) is 22.8 Å². The number of imidazole rings is 1. The summed E-state index contributed by atoms with van der Waals surface area (Å²) in [7, 11) is 0. The van der Waals surface area contributed by atoms with Gasteiger partial charge in [0.15, 0.2) is 5.82 Å². The number of fused-ring (bicyclic) bond motifs is 1. The smallest absolute Gasteiger partial charge is 0.315 e. The number of nitrogens with one attached hydrogen (secondary N) is 1. The van der Waals surface area contributed by atoms with Crippen molar-refractivity contribution in [1.29, 1.82) is 0 Å². The first-order chi connectivity index (χ1) is 19.0. The molecule has 198 valence electrons. The molecule has 2 aliphatic carbocycles. The van der Waals surface area contributed by atoms with Gasteiger partial charge in [-0.05, 0) is 31.2 Å². The average Bonchev–Trinajstić information content (AvgIpc) is 3.71. The minimum Gasteiger partial charge on any atom is -0.344 e. The van der Waals surface area contributed by atoms with Crippen molar-refractivity contribution in [3.05, 3.63) is 72.4 Å². The van der Waals surface area contributed by atoms with Gasteiger partial charge in [0.25, 0.3) is 0 Å². The number of halogens is 2. The van der Waals surface area contributed by atoms with E-state index in [-0.39, 0.29) is 18.3 Å². The van der Waals surface area contributed by atoms with E-state index in [1.54, 1.807) is 17.1 Å². The van der Waals surface area contributed by atoms with Crippen molar-refractivity contribution in [1.82, 2.24) is 39.6 Å². The molecule has 0 saturated heterocycles. The van der Waals surface area contributed by atoms with Gasteiger partial charge in [-0.1, -0.05) is 29.4 Å². The highest BCUT2D eigenvalue weighted by Crippen LogP contribution is 2.47. The molecule has 2 saturated carbocycles. The quantitative estimate of drug-likeness (QED) is 0.306. The Bertz CT molecular complexity index is 1680. The third-order valence-electron chi connectivity index (χ3n) is 7.70. The number of amides is 1. The zero-order valence-electron chi connectivity index (χ0n) is 20.8. The summed E-state index contributed by atoms with van der Waals surface area (Å²) in [6.45, 7) is -0.754. The first kappa shape index (κ1) is 23.6. The van der Waals surface area contributed by atoms with Crippen molar-refractivity contribution in [2.45, 2.75) is 43.2 Å². The molecule has 39 heavy (non-hydrogen) atoms. The number of benzene rings is 1. The highest BCUT2D eigenvalue weighted by atomic mass is 19.1. The highest BCUT2D eigenvalue weighted by molar-refractivity contribution is 5.89. The normalized spacial score (nSPS) is 16.9. The van der Waals surface area contributed by atoms with Crippen LogP contribution in [-0.2, 0) is 17.5 Å². The van der Waals surface area contributed by atoms with Crippen molar-refractivity contribution in [3.8, 4) is 22.6 Å². The molecule has 2 aliphatic rings. The number of rotatable bonds is 9. The second-order valence-electron chi connectivity index (χ2n) is 10.4. The van der Waals surface area contributed by atoms with Gasteiger partial charge in [0.1, 0.15) is 24.8 Å². The van der Waals surface area contributed by atoms with Gasteiger partial charge in [-0.25, -0.2) is 18.7 Å². The van der Waals surface area contributed by atoms with E-state index in [1.807, 2.05) is 47.1 Å². The summed E-state index contributed by atoms with van der Waals surface area (Å²) in [6, 6.07) is 9.50. The number of hydrogen-bond acceptors (Lipinski definition) is 7. The summed E-state index contributed by atoms with van der Waals surface area (Å²) in [5.41, 5.74) is 2.73. The molecule has 0 unspecified atom stereocenters. The van der Waals surface area contributed by atoms with Gasteiger partial charge >= 0.3 is 11.8 Å². The largest absolute Gasteiger partial charge is 0.344 e. The van der Waals surface area contributed by atoms with Crippen LogP contribution in [0.1, 0.15) is 47.8 Å². The van der Waals surface area contributed by atoms with Crippen LogP contribution in [0.2, 0.25) is 0 Å². The average molecular weight is 531 g/mol. The molecule has 7 rings (SSSR count). The molecule has 4 heterocycles. The second kappa shape index (κ2) is 8.79. The van der Waals surface area contributed by atoms with E-state index < -0.39 is 30.2 Å². The lowest BCUT2D eigenvalue weighted by molar-refractivity contribution is 0.0907. The van der Waals surface area contributed by atoms with E-state index in [0.717, 1.165) is 35.2 Å². The SMILES string of the molecule is O=C(NCc1ccc(-c2nc(-c3cnn(C4(CF)CC4)c3)cc3nccn23)cc1)c1nc(C2(CF)CC2)no1. The molecule has 10 nitrogen and oxygen atoms in total. The van der Waals surface area contributed by atoms with E-state index >= 15 is 0 Å². The molecule has 0 atom stereocenters. The van der Waals surface area contributed by atoms with E-state index in [4.69, 9.17) is 9.51 Å². The Balaban J connectivity index is 1.09. The van der Waals surface area contributed by atoms with E-state index in [0.29, 0.717) is 24.4 Å². The molecule has 0 bridgehead atoms. The number of aromatic nitrogens is 7. The standard InChI is InChI=1S/C27H24F2N8O2/c28-15-26(5-6-26)25-34-24(39-35-25)23(38)31-12-17-1-3-18(4-2-17)22-33-20(11-21-30-9-10-36(21)22)19-13-32-37(14-19)27(16-29)7-8-27/h1-4,9-11,13-14H,5-8,12,15-16H2,(H,31,38). The summed E-state index contributed by atoms with van der Waals surface area (Å²) in [5.74, 6) is 0.257. The maximum Gasteiger partial charge on any atom is 0.315 e. The first-order valence-corrected chi connectivity index (χ1v) is 12.8. The molecule has 0 aliphatic heterocycles. The molecule has 2 fully saturated rings. The Morgan fingerprint density at radius 1 is 1.05 bits per heavy atom. The van der Waals surface area contributed by atoms with E-state index in [9.17, 15) is 13.6 Å². The maximum atomic E-state index is 13.5. The lowest BCUT2D eigenvalue weighted by Gasteiger charge is -2.10. The number of carbonyl (C=O) groups excluding carboxylic acids is 1. The Hall–Kier alpha value is -4.48. The maximum absolute atomic E-state index is 13.5. The molecule has 5 aromatic rings. The van der Waals surface area contributed by atoms with Crippen molar-refractivity contribution >= 4 is 11.6 Å². The predicted octanol–water partition coefficient (Wildman–Crippen LogP) is 4.03. The Morgan fingerprint density at radius 2 is 1.87 bits per heavy atom. The topological polar surface area (TPSA) is 116 Å². The molecule has 0 radical (unpaired) electrons. The third-order valence-corrected chi connectivity index (χ3v) is 7.70. The lowest BCUT2D eigenvalue weighted by atomic mass is 10.1. The van der Waals surface area contributed by atoms with Gasteiger partial charge in [-0.3, -0.25) is 13.9 Å². The number of hydrogen-bond donors (Lipinski definition) is 1. The fourth-order valence-corrected chi connectivity index (χ4v) is 4.69. The van der Waals surface area contributed by atoms with Crippen LogP contribution in [0.15, 0.2) is 59.6 Å². The minimum absolute atomic E-state index is 0.174. The van der Waals surface area contributed by atoms with Gasteiger partial charge in [-0.2, -0.15) is 10.1 Å². The van der Waals surface area contributed by atoms with Gasteiger partial charge in [0, 0.05) is 42.3 Å². The minimum atomic E-state index is -0.682. The molecular formula is C27H24F2N8O2. The Labute approximate surface area is 221 Å². The van der Waals surface area contributed by atoms with Gasteiger partial charge < -0.3 is 9.84 Å². The zero-order valence-corrected chi connectivity index (χ0v) is 20.8. The zero-order chi connectivity index (χ0) is 26.6. The molecule has 1 aromatic carbocycles. The van der Waals surface area contributed by atoms with Crippen LogP contribution in [0.5, 0.6) is 0 Å². The number of alkyl halides is 2. The van der Waals surface area contributed by atoms with Crippen LogP contribution in [0.25, 0.3) is 28.3 Å². The van der Waals surface area contributed by atoms with Crippen LogP contribution in [0.3, 0.4) is 0 Å². The Morgan fingerprint density at radius 3 is 2.59 bits per heavy atom. The second-order valence-corrected chi connectivity index (χ2v) is 10.4. The lowest BCUT2D eigenvalue weighted by Crippen LogP contribution is -2.23. The van der Waals surface area contributed by atoms with E-state index in [1.165, 1.54) is 0 Å². The number of nitrogens with zero attached hydrogens (tertiary/aromatic N) is 7. The Kier molecular flexibility index (Phi) is 5.32. The summed E-state index contributed by atoms with van der Waals surface area (Å²) in [6.07, 6.45) is 9.98. The molecule has 1 amide bonds. The van der Waals surface area contributed by atoms with Crippen molar-refractivity contribution in [2.24, 2.45) is 0 Å². The summed E-state index contributed by atoms with van der Waals surface area (Å²) >= 11 is 0. The first-order valence-electron chi connectivity index (χ1n) is 12.8. The van der Waals surface area contributed by atoms with Crippen molar-refractivity contribution in [3.63, 3.8) is 0 Å². The molecule has 12 heteroatoms. The van der Waals surface area contributed by atoms with Crippen LogP contribution in [-0.4, -0.2) is 53.5 Å². The number of carbonyl (C=O) groups is 1. The van der Waals surface area contributed by atoms with Crippen LogP contribution >= 0.6 is 0 Å². The van der Waals surface area contributed by atoms with E-state index in [2.05, 4.69) is 25.5 Å². The molecule has 4 aromatic heterocycles. The molecule has 0 spiro atoms. The predicted molar refractivity (Wildman–Crippen MR) is 135 cm³/mol. The van der Waals surface area contributed by atoms with Crippen molar-refractivity contribution < 1.29 is 18.1 Å². The van der Waals surface area contributed by atoms with Crippen LogP contribution < -0.4 is 5.32 Å².